The Hall–Kier alpha value is -5.76. The summed E-state index contributed by atoms with van der Waals surface area (Å²) in [5, 5.41) is 7.75. The molecule has 222 valence electrons. The van der Waals surface area contributed by atoms with Crippen molar-refractivity contribution in [2.24, 2.45) is 0 Å². The summed E-state index contributed by atoms with van der Waals surface area (Å²) in [6.45, 7) is 0. The Labute approximate surface area is 272 Å². The summed E-state index contributed by atoms with van der Waals surface area (Å²) in [6, 6.07) is 57.3. The van der Waals surface area contributed by atoms with E-state index in [0.29, 0.717) is 0 Å². The number of rotatable bonds is 5. The molecule has 2 heterocycles. The quantitative estimate of drug-likeness (QED) is 0.180. The van der Waals surface area contributed by atoms with E-state index in [1.165, 1.54) is 0 Å². The van der Waals surface area contributed by atoms with E-state index >= 15 is 0 Å². The molecular weight excluding hydrogens is 593 g/mol. The molecule has 3 nitrogen and oxygen atoms in total. The fraction of sp³-hybridized carbons (Fsp3) is 0. The van der Waals surface area contributed by atoms with E-state index in [-0.39, 0.29) is 0 Å². The van der Waals surface area contributed by atoms with Crippen LogP contribution in [-0.2, 0) is 4.57 Å². The molecule has 0 atom stereocenters. The van der Waals surface area contributed by atoms with Gasteiger partial charge in [0.2, 0.25) is 0 Å². The van der Waals surface area contributed by atoms with Crippen LogP contribution in [0.25, 0.3) is 66.0 Å². The Balaban J connectivity index is 1.16. The first-order valence-corrected chi connectivity index (χ1v) is 17.4. The summed E-state index contributed by atoms with van der Waals surface area (Å²) in [5.74, 6) is 0. The third kappa shape index (κ3) is 4.51. The molecule has 9 aromatic rings. The van der Waals surface area contributed by atoms with Crippen LogP contribution >= 0.6 is 7.14 Å². The van der Waals surface area contributed by atoms with Gasteiger partial charge in [-0.2, -0.15) is 0 Å². The minimum Gasteiger partial charge on any atom is -0.455 e. The molecule has 0 aliphatic rings. The molecule has 0 bridgehead atoms. The lowest BCUT2D eigenvalue weighted by Gasteiger charge is -2.20. The van der Waals surface area contributed by atoms with Crippen LogP contribution in [0.1, 0.15) is 0 Å². The molecule has 0 N–H and O–H groups in total. The number of para-hydroxylation sites is 2. The lowest BCUT2D eigenvalue weighted by Crippen LogP contribution is -2.24. The summed E-state index contributed by atoms with van der Waals surface area (Å²) in [5.41, 5.74) is 6.78. The molecule has 0 unspecified atom stereocenters. The largest absolute Gasteiger partial charge is 0.455 e. The second-order valence-electron chi connectivity index (χ2n) is 11.9. The second-order valence-corrected chi connectivity index (χ2v) is 14.7. The Morgan fingerprint density at radius 3 is 1.87 bits per heavy atom. The summed E-state index contributed by atoms with van der Waals surface area (Å²) in [4.78, 5) is 5.18. The van der Waals surface area contributed by atoms with Crippen LogP contribution in [-0.4, -0.2) is 4.98 Å². The van der Waals surface area contributed by atoms with Crippen molar-refractivity contribution in [1.29, 1.82) is 0 Å². The lowest BCUT2D eigenvalue weighted by molar-refractivity contribution is 0.592. The van der Waals surface area contributed by atoms with Gasteiger partial charge in [0.25, 0.3) is 0 Å². The van der Waals surface area contributed by atoms with Crippen molar-refractivity contribution < 1.29 is 8.98 Å². The number of furan rings is 1. The Kier molecular flexibility index (Phi) is 6.41. The highest BCUT2D eigenvalue weighted by Crippen LogP contribution is 2.43. The van der Waals surface area contributed by atoms with Crippen LogP contribution < -0.4 is 15.9 Å². The van der Waals surface area contributed by atoms with Crippen molar-refractivity contribution in [2.75, 3.05) is 0 Å². The van der Waals surface area contributed by atoms with E-state index in [1.807, 2.05) is 103 Å². The summed E-state index contributed by atoms with van der Waals surface area (Å²) in [6.07, 6.45) is 0. The fourth-order valence-electron chi connectivity index (χ4n) is 6.80. The molecule has 0 spiro atoms. The monoisotopic (exact) mass is 621 g/mol. The molecule has 0 aliphatic heterocycles. The van der Waals surface area contributed by atoms with E-state index in [2.05, 4.69) is 66.7 Å². The number of hydrogen-bond acceptors (Lipinski definition) is 3. The van der Waals surface area contributed by atoms with Crippen LogP contribution in [0, 0.1) is 0 Å². The predicted molar refractivity (Wildman–Crippen MR) is 197 cm³/mol. The normalized spacial score (nSPS) is 11.9. The van der Waals surface area contributed by atoms with Gasteiger partial charge in [0, 0.05) is 32.2 Å². The van der Waals surface area contributed by atoms with E-state index in [0.717, 1.165) is 81.9 Å². The standard InChI is InChI=1S/C43H28NO2P/c45-47(34-14-3-1-4-15-34,35-16-5-2-6-17-35)36-25-24-31-26-30(22-23-32(31)28-36)29-12-11-13-33(27-29)42-41-38-19-8-10-21-40(38)46-43(41)37-18-7-9-20-39(37)44-42/h1-28H. The van der Waals surface area contributed by atoms with Crippen LogP contribution in [0.5, 0.6) is 0 Å². The maximum Gasteiger partial charge on any atom is 0.171 e. The van der Waals surface area contributed by atoms with E-state index in [4.69, 9.17) is 9.40 Å². The highest BCUT2D eigenvalue weighted by molar-refractivity contribution is 7.85. The number of nitrogens with zero attached hydrogens (tertiary/aromatic N) is 1. The van der Waals surface area contributed by atoms with Gasteiger partial charge in [-0.05, 0) is 58.3 Å². The average Bonchev–Trinajstić information content (AvgIpc) is 3.55. The van der Waals surface area contributed by atoms with Gasteiger partial charge >= 0.3 is 0 Å². The molecule has 47 heavy (non-hydrogen) atoms. The second kappa shape index (κ2) is 10.9. The lowest BCUT2D eigenvalue weighted by atomic mass is 9.97. The van der Waals surface area contributed by atoms with Crippen molar-refractivity contribution in [2.45, 2.75) is 0 Å². The molecule has 9 rings (SSSR count). The van der Waals surface area contributed by atoms with Gasteiger partial charge < -0.3 is 8.98 Å². The zero-order valence-corrected chi connectivity index (χ0v) is 26.3. The van der Waals surface area contributed by atoms with E-state index in [1.54, 1.807) is 0 Å². The molecule has 0 fully saturated rings. The zero-order valence-electron chi connectivity index (χ0n) is 25.4. The number of fused-ring (bicyclic) bond motifs is 6. The van der Waals surface area contributed by atoms with Gasteiger partial charge in [0.1, 0.15) is 11.2 Å². The highest BCUT2D eigenvalue weighted by atomic mass is 31.2. The number of aromatic nitrogens is 1. The molecule has 4 heteroatoms. The minimum absolute atomic E-state index is 0.830. The van der Waals surface area contributed by atoms with Gasteiger partial charge in [-0.15, -0.1) is 0 Å². The first kappa shape index (κ1) is 27.5. The van der Waals surface area contributed by atoms with Crippen molar-refractivity contribution in [3.05, 3.63) is 170 Å². The molecule has 0 saturated heterocycles. The van der Waals surface area contributed by atoms with Crippen LogP contribution in [0.2, 0.25) is 0 Å². The number of hydrogen-bond donors (Lipinski definition) is 0. The minimum atomic E-state index is -3.06. The topological polar surface area (TPSA) is 43.1 Å². The first-order valence-electron chi connectivity index (χ1n) is 15.7. The van der Waals surface area contributed by atoms with Crippen molar-refractivity contribution in [3.63, 3.8) is 0 Å². The maximum absolute atomic E-state index is 14.9. The van der Waals surface area contributed by atoms with Gasteiger partial charge in [0.05, 0.1) is 16.6 Å². The Morgan fingerprint density at radius 1 is 0.468 bits per heavy atom. The van der Waals surface area contributed by atoms with Crippen molar-refractivity contribution >= 4 is 66.7 Å². The molecule has 2 aromatic heterocycles. The van der Waals surface area contributed by atoms with Gasteiger partial charge in [-0.25, -0.2) is 4.98 Å². The van der Waals surface area contributed by atoms with Crippen molar-refractivity contribution in [3.8, 4) is 22.4 Å². The van der Waals surface area contributed by atoms with Gasteiger partial charge in [0.15, 0.2) is 7.14 Å². The molecule has 0 amide bonds. The summed E-state index contributed by atoms with van der Waals surface area (Å²) in [7, 11) is -3.06. The smallest absolute Gasteiger partial charge is 0.171 e. The Morgan fingerprint density at radius 2 is 1.09 bits per heavy atom. The average molecular weight is 622 g/mol. The molecule has 0 aliphatic carbocycles. The number of pyridine rings is 1. The van der Waals surface area contributed by atoms with E-state index in [9.17, 15) is 4.57 Å². The van der Waals surface area contributed by atoms with Gasteiger partial charge in [-0.3, -0.25) is 0 Å². The molecular formula is C43H28NO2P. The van der Waals surface area contributed by atoms with E-state index < -0.39 is 7.14 Å². The maximum atomic E-state index is 14.9. The van der Waals surface area contributed by atoms with Crippen LogP contribution in [0.4, 0.5) is 0 Å². The molecule has 0 radical (unpaired) electrons. The number of benzene rings is 7. The predicted octanol–water partition coefficient (Wildman–Crippen LogP) is 10.3. The van der Waals surface area contributed by atoms with Gasteiger partial charge in [-0.1, -0.05) is 133 Å². The fourth-order valence-corrected chi connectivity index (χ4v) is 9.48. The first-order chi connectivity index (χ1) is 23.2. The van der Waals surface area contributed by atoms with Crippen LogP contribution in [0.15, 0.2) is 174 Å². The molecule has 0 saturated carbocycles. The summed E-state index contributed by atoms with van der Waals surface area (Å²) < 4.78 is 21.4. The summed E-state index contributed by atoms with van der Waals surface area (Å²) >= 11 is 0. The highest BCUT2D eigenvalue weighted by Gasteiger charge is 2.29. The van der Waals surface area contributed by atoms with Crippen molar-refractivity contribution in [1.82, 2.24) is 4.98 Å². The third-order valence-electron chi connectivity index (χ3n) is 9.11. The SMILES string of the molecule is O=P(c1ccccc1)(c1ccccc1)c1ccc2cc(-c3cccc(-c4nc5ccccc5c5oc6ccccc6c45)c3)ccc2c1. The molecule has 7 aromatic carbocycles. The Bertz CT molecular complexity index is 2620. The van der Waals surface area contributed by atoms with Crippen LogP contribution in [0.3, 0.4) is 0 Å². The zero-order chi connectivity index (χ0) is 31.4. The third-order valence-corrected chi connectivity index (χ3v) is 12.2.